The van der Waals surface area contributed by atoms with E-state index in [4.69, 9.17) is 9.47 Å². The Labute approximate surface area is 167 Å². The second kappa shape index (κ2) is 9.41. The third kappa shape index (κ3) is 6.82. The molecule has 2 aromatic rings. The van der Waals surface area contributed by atoms with Crippen molar-refractivity contribution in [3.8, 4) is 11.5 Å². The highest BCUT2D eigenvalue weighted by atomic mass is 32.2. The van der Waals surface area contributed by atoms with Crippen LogP contribution in [0.2, 0.25) is 0 Å². The largest absolute Gasteiger partial charge is 0.497 e. The van der Waals surface area contributed by atoms with Gasteiger partial charge in [-0.15, -0.1) is 0 Å². The molecule has 2 rings (SSSR count). The molecule has 1 atom stereocenters. The number of methoxy groups -OCH3 is 1. The summed E-state index contributed by atoms with van der Waals surface area (Å²) in [5.74, 6) is 1.07. The van der Waals surface area contributed by atoms with Crippen molar-refractivity contribution in [2.24, 2.45) is 0 Å². The molecule has 7 heteroatoms. The first kappa shape index (κ1) is 22.2. The van der Waals surface area contributed by atoms with Crippen molar-refractivity contribution in [3.05, 3.63) is 54.1 Å². The predicted molar refractivity (Wildman–Crippen MR) is 110 cm³/mol. The fourth-order valence-electron chi connectivity index (χ4n) is 2.83. The SMILES string of the molecule is COc1ccc(CC(C)(C)NC[C@@H](O)COc2ccccc2S(C)(=O)=O)cc1. The van der Waals surface area contributed by atoms with Crippen LogP contribution in [-0.2, 0) is 16.3 Å². The van der Waals surface area contributed by atoms with Gasteiger partial charge in [-0.05, 0) is 50.1 Å². The number of para-hydroxylation sites is 1. The van der Waals surface area contributed by atoms with Gasteiger partial charge in [0.2, 0.25) is 0 Å². The number of nitrogens with one attached hydrogen (secondary N) is 1. The lowest BCUT2D eigenvalue weighted by Gasteiger charge is -2.28. The van der Waals surface area contributed by atoms with Gasteiger partial charge in [0, 0.05) is 18.3 Å². The number of aliphatic hydroxyl groups is 1. The summed E-state index contributed by atoms with van der Waals surface area (Å²) >= 11 is 0. The highest BCUT2D eigenvalue weighted by Crippen LogP contribution is 2.23. The van der Waals surface area contributed by atoms with Gasteiger partial charge in [-0.1, -0.05) is 24.3 Å². The highest BCUT2D eigenvalue weighted by Gasteiger charge is 2.20. The molecule has 6 nitrogen and oxygen atoms in total. The molecule has 0 radical (unpaired) electrons. The van der Waals surface area contributed by atoms with Crippen LogP contribution >= 0.6 is 0 Å². The van der Waals surface area contributed by atoms with Gasteiger partial charge < -0.3 is 19.9 Å². The van der Waals surface area contributed by atoms with Crippen molar-refractivity contribution in [2.75, 3.05) is 26.5 Å². The zero-order chi connectivity index (χ0) is 20.8. The quantitative estimate of drug-likeness (QED) is 0.629. The van der Waals surface area contributed by atoms with Gasteiger partial charge in [0.1, 0.15) is 29.1 Å². The maximum Gasteiger partial charge on any atom is 0.179 e. The first-order valence-electron chi connectivity index (χ1n) is 9.08. The number of sulfone groups is 1. The van der Waals surface area contributed by atoms with Gasteiger partial charge in [0.05, 0.1) is 7.11 Å². The molecule has 0 aliphatic heterocycles. The Kier molecular flexibility index (Phi) is 7.46. The molecule has 154 valence electrons. The summed E-state index contributed by atoms with van der Waals surface area (Å²) < 4.78 is 34.3. The Hall–Kier alpha value is -2.09. The van der Waals surface area contributed by atoms with E-state index in [9.17, 15) is 13.5 Å². The van der Waals surface area contributed by atoms with Crippen LogP contribution in [0.4, 0.5) is 0 Å². The van der Waals surface area contributed by atoms with Gasteiger partial charge >= 0.3 is 0 Å². The molecule has 0 aromatic heterocycles. The summed E-state index contributed by atoms with van der Waals surface area (Å²) in [6, 6.07) is 14.3. The summed E-state index contributed by atoms with van der Waals surface area (Å²) in [7, 11) is -1.75. The fraction of sp³-hybridized carbons (Fsp3) is 0.429. The molecule has 0 fully saturated rings. The van der Waals surface area contributed by atoms with Crippen LogP contribution in [0.1, 0.15) is 19.4 Å². The number of hydrogen-bond donors (Lipinski definition) is 2. The van der Waals surface area contributed by atoms with E-state index in [1.165, 1.54) is 6.07 Å². The monoisotopic (exact) mass is 407 g/mol. The number of aliphatic hydroxyl groups excluding tert-OH is 1. The summed E-state index contributed by atoms with van der Waals surface area (Å²) in [6.07, 6.45) is 1.14. The smallest absolute Gasteiger partial charge is 0.179 e. The standard InChI is InChI=1S/C21H29NO5S/c1-21(2,13-16-9-11-18(26-3)12-10-16)22-14-17(23)15-27-19-7-5-6-8-20(19)28(4,24)25/h5-12,17,22-23H,13-15H2,1-4H3/t17-/m1/s1. The minimum atomic E-state index is -3.39. The molecule has 0 saturated heterocycles. The van der Waals surface area contributed by atoms with Crippen LogP contribution in [0.25, 0.3) is 0 Å². The summed E-state index contributed by atoms with van der Waals surface area (Å²) in [5, 5.41) is 13.6. The second-order valence-corrected chi connectivity index (χ2v) is 9.46. The van der Waals surface area contributed by atoms with Crippen LogP contribution < -0.4 is 14.8 Å². The van der Waals surface area contributed by atoms with E-state index in [0.717, 1.165) is 24.0 Å². The molecule has 2 aromatic carbocycles. The zero-order valence-corrected chi connectivity index (χ0v) is 17.6. The first-order valence-corrected chi connectivity index (χ1v) is 11.0. The molecule has 0 aliphatic carbocycles. The Morgan fingerprint density at radius 2 is 1.75 bits per heavy atom. The van der Waals surface area contributed by atoms with Gasteiger partial charge in [-0.2, -0.15) is 0 Å². The van der Waals surface area contributed by atoms with Crippen LogP contribution in [0.5, 0.6) is 11.5 Å². The Morgan fingerprint density at radius 1 is 1.11 bits per heavy atom. The molecule has 0 bridgehead atoms. The van der Waals surface area contributed by atoms with Crippen LogP contribution in [-0.4, -0.2) is 51.7 Å². The number of hydrogen-bond acceptors (Lipinski definition) is 6. The topological polar surface area (TPSA) is 84.9 Å². The van der Waals surface area contributed by atoms with Gasteiger partial charge in [0.25, 0.3) is 0 Å². The Bertz CT molecular complexity index is 863. The molecule has 0 saturated carbocycles. The first-order chi connectivity index (χ1) is 13.1. The minimum Gasteiger partial charge on any atom is -0.497 e. The van der Waals surface area contributed by atoms with Crippen LogP contribution in [0.3, 0.4) is 0 Å². The lowest BCUT2D eigenvalue weighted by atomic mass is 9.94. The van der Waals surface area contributed by atoms with E-state index >= 15 is 0 Å². The van der Waals surface area contributed by atoms with E-state index in [1.54, 1.807) is 25.3 Å². The van der Waals surface area contributed by atoms with Crippen molar-refractivity contribution >= 4 is 9.84 Å². The number of rotatable bonds is 10. The molecular formula is C21H29NO5S. The third-order valence-electron chi connectivity index (χ3n) is 4.30. The van der Waals surface area contributed by atoms with Gasteiger partial charge in [-0.3, -0.25) is 0 Å². The molecule has 2 N–H and O–H groups in total. The van der Waals surface area contributed by atoms with Crippen molar-refractivity contribution in [3.63, 3.8) is 0 Å². The van der Waals surface area contributed by atoms with Crippen molar-refractivity contribution in [1.82, 2.24) is 5.32 Å². The summed E-state index contributed by atoms with van der Waals surface area (Å²) in [5.41, 5.74) is 0.923. The van der Waals surface area contributed by atoms with Crippen molar-refractivity contribution < 1.29 is 23.0 Å². The predicted octanol–water partition coefficient (Wildman–Crippen LogP) is 2.45. The number of ether oxygens (including phenoxy) is 2. The van der Waals surface area contributed by atoms with E-state index in [0.29, 0.717) is 6.54 Å². The van der Waals surface area contributed by atoms with E-state index in [1.807, 2.05) is 24.3 Å². The fourth-order valence-corrected chi connectivity index (χ4v) is 3.65. The molecule has 0 unspecified atom stereocenters. The van der Waals surface area contributed by atoms with E-state index in [2.05, 4.69) is 19.2 Å². The lowest BCUT2D eigenvalue weighted by molar-refractivity contribution is 0.0974. The Balaban J connectivity index is 1.87. The normalized spacial score (nSPS) is 13.2. The molecule has 0 amide bonds. The third-order valence-corrected chi connectivity index (χ3v) is 5.44. The number of β-amino-alcohol motifs (C(OH)–C–C–N with tert-alkyl or cyclic N) is 1. The minimum absolute atomic E-state index is 0.00184. The summed E-state index contributed by atoms with van der Waals surface area (Å²) in [6.45, 7) is 4.44. The maximum atomic E-state index is 11.8. The molecular weight excluding hydrogens is 378 g/mol. The molecule has 0 aliphatic rings. The van der Waals surface area contributed by atoms with Crippen molar-refractivity contribution in [1.29, 1.82) is 0 Å². The summed E-state index contributed by atoms with van der Waals surface area (Å²) in [4.78, 5) is 0.120. The maximum absolute atomic E-state index is 11.8. The lowest BCUT2D eigenvalue weighted by Crippen LogP contribution is -2.46. The second-order valence-electron chi connectivity index (χ2n) is 7.47. The Morgan fingerprint density at radius 3 is 2.36 bits per heavy atom. The molecule has 0 spiro atoms. The van der Waals surface area contributed by atoms with E-state index < -0.39 is 15.9 Å². The molecule has 0 heterocycles. The molecule has 28 heavy (non-hydrogen) atoms. The van der Waals surface area contributed by atoms with Gasteiger partial charge in [0.15, 0.2) is 9.84 Å². The van der Waals surface area contributed by atoms with Gasteiger partial charge in [-0.25, -0.2) is 8.42 Å². The van der Waals surface area contributed by atoms with Crippen LogP contribution in [0.15, 0.2) is 53.4 Å². The zero-order valence-electron chi connectivity index (χ0n) is 16.8. The highest BCUT2D eigenvalue weighted by molar-refractivity contribution is 7.90. The average Bonchev–Trinajstić information content (AvgIpc) is 2.64. The average molecular weight is 408 g/mol. The van der Waals surface area contributed by atoms with Crippen molar-refractivity contribution in [2.45, 2.75) is 36.8 Å². The van der Waals surface area contributed by atoms with E-state index in [-0.39, 0.29) is 22.8 Å². The van der Waals surface area contributed by atoms with Crippen LogP contribution in [0, 0.1) is 0 Å². The number of benzene rings is 2.